The Bertz CT molecular complexity index is 840. The van der Waals surface area contributed by atoms with Crippen LogP contribution in [0.2, 0.25) is 15.1 Å². The van der Waals surface area contributed by atoms with Crippen LogP contribution in [0.4, 0.5) is 0 Å². The van der Waals surface area contributed by atoms with Crippen LogP contribution in [-0.4, -0.2) is 17.2 Å². The zero-order valence-electron chi connectivity index (χ0n) is 12.0. The van der Waals surface area contributed by atoms with Crippen LogP contribution in [0, 0.1) is 4.91 Å². The van der Waals surface area contributed by atoms with Crippen LogP contribution in [0.25, 0.3) is 0 Å². The first-order chi connectivity index (χ1) is 11.4. The molecule has 2 unspecified atom stereocenters. The maximum Gasteiger partial charge on any atom is 0.345 e. The molecule has 2 aromatic rings. The van der Waals surface area contributed by atoms with E-state index in [1.807, 2.05) is 0 Å². The molecule has 0 bridgehead atoms. The largest absolute Gasteiger partial charge is 0.478 e. The highest BCUT2D eigenvalue weighted by atomic mass is 35.5. The minimum absolute atomic E-state index is 0.0676. The van der Waals surface area contributed by atoms with Crippen molar-refractivity contribution < 1.29 is 14.6 Å². The third-order valence-electron chi connectivity index (χ3n) is 3.78. The number of hydrogen-bond acceptors (Lipinski definition) is 4. The maximum absolute atomic E-state index is 11.4. The first-order valence-electron chi connectivity index (χ1n) is 6.90. The van der Waals surface area contributed by atoms with Gasteiger partial charge in [-0.25, -0.2) is 4.79 Å². The lowest BCUT2D eigenvalue weighted by Crippen LogP contribution is -2.24. The molecule has 1 aliphatic rings. The highest BCUT2D eigenvalue weighted by Gasteiger charge is 2.35. The van der Waals surface area contributed by atoms with Crippen LogP contribution >= 0.6 is 34.8 Å². The minimum atomic E-state index is -1.11. The Kier molecular flexibility index (Phi) is 4.67. The van der Waals surface area contributed by atoms with Gasteiger partial charge in [0.25, 0.3) is 0 Å². The van der Waals surface area contributed by atoms with Crippen molar-refractivity contribution in [2.45, 2.75) is 18.6 Å². The van der Waals surface area contributed by atoms with Crippen LogP contribution in [0.5, 0.6) is 5.75 Å². The summed E-state index contributed by atoms with van der Waals surface area (Å²) in [5, 5.41) is 13.1. The molecule has 24 heavy (non-hydrogen) atoms. The maximum atomic E-state index is 11.4. The molecule has 0 radical (unpaired) electrons. The average molecular weight is 387 g/mol. The summed E-state index contributed by atoms with van der Waals surface area (Å²) in [6.45, 7) is 0. The molecule has 0 aromatic heterocycles. The lowest BCUT2D eigenvalue weighted by atomic mass is 9.96. The van der Waals surface area contributed by atoms with Crippen LogP contribution in [0.3, 0.4) is 0 Å². The molecular formula is C16H10Cl3NO4. The second-order valence-corrected chi connectivity index (χ2v) is 6.50. The zero-order chi connectivity index (χ0) is 17.4. The van der Waals surface area contributed by atoms with Crippen molar-refractivity contribution in [3.05, 3.63) is 67.0 Å². The van der Waals surface area contributed by atoms with Gasteiger partial charge in [0, 0.05) is 22.6 Å². The number of nitroso groups, excluding NO2 is 1. The number of carbonyl (C=O) groups is 1. The molecule has 0 spiro atoms. The Balaban J connectivity index is 2.10. The Morgan fingerprint density at radius 1 is 1.29 bits per heavy atom. The summed E-state index contributed by atoms with van der Waals surface area (Å²) >= 11 is 18.6. The van der Waals surface area contributed by atoms with E-state index < -0.39 is 18.1 Å². The standard InChI is InChI=1S/C16H10Cl3NO4/c17-8-3-1-2-7(4-8)14(20-23)9-5-11(18)15-10(13(9)19)6-12(24-15)16(21)22/h1-5,12,14H,6H2,(H,21,22). The number of hydrogen-bond donors (Lipinski definition) is 1. The van der Waals surface area contributed by atoms with E-state index in [1.165, 1.54) is 6.07 Å². The molecule has 0 saturated heterocycles. The molecule has 0 saturated carbocycles. The lowest BCUT2D eigenvalue weighted by Gasteiger charge is -2.15. The number of ether oxygens (including phenoxy) is 1. The van der Waals surface area contributed by atoms with Gasteiger partial charge in [0.15, 0.2) is 6.10 Å². The number of fused-ring (bicyclic) bond motifs is 1. The van der Waals surface area contributed by atoms with Gasteiger partial charge in [-0.2, -0.15) is 0 Å². The number of aliphatic carboxylic acids is 1. The van der Waals surface area contributed by atoms with Crippen molar-refractivity contribution in [1.82, 2.24) is 0 Å². The molecule has 3 rings (SSSR count). The van der Waals surface area contributed by atoms with Gasteiger partial charge < -0.3 is 9.84 Å². The third kappa shape index (κ3) is 2.95. The van der Waals surface area contributed by atoms with Crippen molar-refractivity contribution in [2.75, 3.05) is 0 Å². The molecule has 2 aromatic carbocycles. The molecule has 0 fully saturated rings. The Labute approximate surface area is 152 Å². The first kappa shape index (κ1) is 17.0. The molecule has 8 heteroatoms. The summed E-state index contributed by atoms with van der Waals surface area (Å²) in [5.74, 6) is -0.881. The van der Waals surface area contributed by atoms with Crippen molar-refractivity contribution in [2.24, 2.45) is 5.18 Å². The van der Waals surface area contributed by atoms with Crippen molar-refractivity contribution in [1.29, 1.82) is 0 Å². The molecule has 1 heterocycles. The fraction of sp³-hybridized carbons (Fsp3) is 0.188. The van der Waals surface area contributed by atoms with E-state index in [1.54, 1.807) is 24.3 Å². The average Bonchev–Trinajstić information content (AvgIpc) is 2.99. The number of rotatable bonds is 4. The lowest BCUT2D eigenvalue weighted by molar-refractivity contribution is -0.144. The van der Waals surface area contributed by atoms with Crippen molar-refractivity contribution in [3.63, 3.8) is 0 Å². The van der Waals surface area contributed by atoms with Crippen molar-refractivity contribution in [3.8, 4) is 5.75 Å². The van der Waals surface area contributed by atoms with Gasteiger partial charge in [-0.1, -0.05) is 52.1 Å². The van der Waals surface area contributed by atoms with E-state index >= 15 is 0 Å². The van der Waals surface area contributed by atoms with E-state index in [0.717, 1.165) is 0 Å². The molecule has 2 atom stereocenters. The van der Waals surface area contributed by atoms with Gasteiger partial charge in [-0.05, 0) is 23.8 Å². The van der Waals surface area contributed by atoms with E-state index in [2.05, 4.69) is 5.18 Å². The number of halogens is 3. The fourth-order valence-electron chi connectivity index (χ4n) is 2.67. The van der Waals surface area contributed by atoms with Gasteiger partial charge in [0.2, 0.25) is 0 Å². The van der Waals surface area contributed by atoms with E-state index in [9.17, 15) is 9.70 Å². The predicted octanol–water partition coefficient (Wildman–Crippen LogP) is 4.89. The van der Waals surface area contributed by atoms with Gasteiger partial charge >= 0.3 is 5.97 Å². The number of carboxylic acid groups (broad SMARTS) is 1. The Morgan fingerprint density at radius 2 is 2.04 bits per heavy atom. The van der Waals surface area contributed by atoms with Gasteiger partial charge in [0.05, 0.1) is 10.0 Å². The quantitative estimate of drug-likeness (QED) is 0.759. The van der Waals surface area contributed by atoms with Crippen LogP contribution in [0.15, 0.2) is 35.5 Å². The highest BCUT2D eigenvalue weighted by molar-refractivity contribution is 6.35. The summed E-state index contributed by atoms with van der Waals surface area (Å²) in [4.78, 5) is 22.6. The normalized spacial score (nSPS) is 17.0. The molecule has 0 amide bonds. The number of benzene rings is 2. The van der Waals surface area contributed by atoms with Crippen LogP contribution < -0.4 is 4.74 Å². The highest BCUT2D eigenvalue weighted by Crippen LogP contribution is 2.45. The second-order valence-electron chi connectivity index (χ2n) is 5.28. The summed E-state index contributed by atoms with van der Waals surface area (Å²) in [5.41, 5.74) is 1.40. The molecule has 1 N–H and O–H groups in total. The Hall–Kier alpha value is -1.82. The summed E-state index contributed by atoms with van der Waals surface area (Å²) in [6.07, 6.45) is -0.989. The second kappa shape index (κ2) is 6.59. The van der Waals surface area contributed by atoms with Gasteiger partial charge in [-0.15, -0.1) is 4.91 Å². The fourth-order valence-corrected chi connectivity index (χ4v) is 3.47. The van der Waals surface area contributed by atoms with Crippen LogP contribution in [-0.2, 0) is 11.2 Å². The topological polar surface area (TPSA) is 76.0 Å². The van der Waals surface area contributed by atoms with Crippen molar-refractivity contribution >= 4 is 40.8 Å². The summed E-state index contributed by atoms with van der Waals surface area (Å²) < 4.78 is 5.33. The smallest absolute Gasteiger partial charge is 0.345 e. The monoisotopic (exact) mass is 385 g/mol. The summed E-state index contributed by atoms with van der Waals surface area (Å²) in [7, 11) is 0. The number of carboxylic acids is 1. The number of nitrogens with zero attached hydrogens (tertiary/aromatic N) is 1. The molecule has 0 aliphatic carbocycles. The van der Waals surface area contributed by atoms with E-state index in [0.29, 0.717) is 21.7 Å². The van der Waals surface area contributed by atoms with E-state index in [-0.39, 0.29) is 22.2 Å². The summed E-state index contributed by atoms with van der Waals surface area (Å²) in [6, 6.07) is 7.24. The minimum Gasteiger partial charge on any atom is -0.478 e. The van der Waals surface area contributed by atoms with Gasteiger partial charge in [0.1, 0.15) is 11.8 Å². The molecule has 1 aliphatic heterocycles. The Morgan fingerprint density at radius 3 is 2.67 bits per heavy atom. The first-order valence-corrected chi connectivity index (χ1v) is 8.04. The van der Waals surface area contributed by atoms with Gasteiger partial charge in [-0.3, -0.25) is 0 Å². The molecule has 124 valence electrons. The third-order valence-corrected chi connectivity index (χ3v) is 4.74. The predicted molar refractivity (Wildman–Crippen MR) is 91.3 cm³/mol. The molecule has 5 nitrogen and oxygen atoms in total. The SMILES string of the molecule is O=NC(c1cccc(Cl)c1)c1cc(Cl)c2c(c1Cl)CC(C(=O)O)O2. The zero-order valence-corrected chi connectivity index (χ0v) is 14.3. The van der Waals surface area contributed by atoms with Crippen LogP contribution in [0.1, 0.15) is 22.7 Å². The molecular weight excluding hydrogens is 377 g/mol. The van der Waals surface area contributed by atoms with E-state index in [4.69, 9.17) is 44.6 Å².